The highest BCUT2D eigenvalue weighted by molar-refractivity contribution is 6.32. The Labute approximate surface area is 120 Å². The number of halogens is 1. The molecule has 0 saturated carbocycles. The smallest absolute Gasteiger partial charge is 0.150 e. The zero-order valence-electron chi connectivity index (χ0n) is 11.7. The van der Waals surface area contributed by atoms with Gasteiger partial charge in [0, 0.05) is 39.8 Å². The van der Waals surface area contributed by atoms with Crippen LogP contribution < -0.4 is 4.90 Å². The minimum Gasteiger partial charge on any atom is -0.358 e. The van der Waals surface area contributed by atoms with Crippen molar-refractivity contribution in [1.82, 2.24) is 19.8 Å². The predicted octanol–water partition coefficient (Wildman–Crippen LogP) is 1.20. The van der Waals surface area contributed by atoms with Crippen molar-refractivity contribution in [3.63, 3.8) is 0 Å². The van der Waals surface area contributed by atoms with E-state index in [1.165, 1.54) is 32.5 Å². The number of hydrogen-bond donors (Lipinski definition) is 0. The van der Waals surface area contributed by atoms with Gasteiger partial charge in [0.1, 0.15) is 11.3 Å². The second-order valence-electron chi connectivity index (χ2n) is 5.11. The van der Waals surface area contributed by atoms with Gasteiger partial charge in [-0.25, -0.2) is 9.97 Å². The van der Waals surface area contributed by atoms with Gasteiger partial charge in [-0.15, -0.1) is 0 Å². The first-order valence-corrected chi connectivity index (χ1v) is 7.12. The molecule has 6 heteroatoms. The summed E-state index contributed by atoms with van der Waals surface area (Å²) in [6, 6.07) is 0. The molecule has 2 rings (SSSR count). The minimum atomic E-state index is 0.615. The van der Waals surface area contributed by atoms with E-state index in [1.807, 2.05) is 7.05 Å². The molecule has 0 spiro atoms. The van der Waals surface area contributed by atoms with Crippen LogP contribution in [0.3, 0.4) is 0 Å². The van der Waals surface area contributed by atoms with E-state index in [9.17, 15) is 0 Å². The molecule has 0 aromatic carbocycles. The third-order valence-corrected chi connectivity index (χ3v) is 3.84. The molecule has 0 amide bonds. The fourth-order valence-corrected chi connectivity index (χ4v) is 2.55. The van der Waals surface area contributed by atoms with Gasteiger partial charge in [-0.3, -0.25) is 0 Å². The van der Waals surface area contributed by atoms with Crippen molar-refractivity contribution in [2.75, 3.05) is 58.3 Å². The molecule has 106 valence electrons. The van der Waals surface area contributed by atoms with Crippen LogP contribution in [0.2, 0.25) is 5.02 Å². The molecule has 0 radical (unpaired) electrons. The van der Waals surface area contributed by atoms with Crippen LogP contribution in [-0.2, 0) is 0 Å². The zero-order chi connectivity index (χ0) is 13.7. The van der Waals surface area contributed by atoms with Crippen LogP contribution in [0.5, 0.6) is 0 Å². The van der Waals surface area contributed by atoms with Gasteiger partial charge in [0.05, 0.1) is 6.20 Å². The lowest BCUT2D eigenvalue weighted by molar-refractivity contribution is 0.153. The van der Waals surface area contributed by atoms with Crippen LogP contribution in [0.4, 0.5) is 5.82 Å². The summed E-state index contributed by atoms with van der Waals surface area (Å²) in [4.78, 5) is 15.1. The standard InChI is InChI=1S/C13H22ClN5/c1-17-6-8-19(9-7-17)5-3-4-18(2)13-12(14)10-15-11-16-13/h10-11H,3-9H2,1-2H3. The van der Waals surface area contributed by atoms with E-state index in [2.05, 4.69) is 31.7 Å². The maximum atomic E-state index is 6.08. The van der Waals surface area contributed by atoms with E-state index < -0.39 is 0 Å². The van der Waals surface area contributed by atoms with Crippen LogP contribution in [0, 0.1) is 0 Å². The van der Waals surface area contributed by atoms with Crippen LogP contribution >= 0.6 is 11.6 Å². The summed E-state index contributed by atoms with van der Waals surface area (Å²) in [7, 11) is 4.21. The van der Waals surface area contributed by atoms with E-state index in [0.29, 0.717) is 5.02 Å². The molecule has 19 heavy (non-hydrogen) atoms. The van der Waals surface area contributed by atoms with Crippen molar-refractivity contribution in [1.29, 1.82) is 0 Å². The van der Waals surface area contributed by atoms with Gasteiger partial charge >= 0.3 is 0 Å². The summed E-state index contributed by atoms with van der Waals surface area (Å²) in [6.07, 6.45) is 4.31. The van der Waals surface area contributed by atoms with Gasteiger partial charge in [0.2, 0.25) is 0 Å². The Morgan fingerprint density at radius 1 is 1.32 bits per heavy atom. The average Bonchev–Trinajstić information content (AvgIpc) is 2.41. The number of hydrogen-bond acceptors (Lipinski definition) is 5. The number of nitrogens with zero attached hydrogens (tertiary/aromatic N) is 5. The first-order valence-electron chi connectivity index (χ1n) is 6.74. The molecule has 1 aromatic heterocycles. The summed E-state index contributed by atoms with van der Waals surface area (Å²) in [5.74, 6) is 0.815. The molecule has 5 nitrogen and oxygen atoms in total. The monoisotopic (exact) mass is 283 g/mol. The van der Waals surface area contributed by atoms with Gasteiger partial charge in [0.25, 0.3) is 0 Å². The van der Waals surface area contributed by atoms with E-state index in [0.717, 1.165) is 25.3 Å². The van der Waals surface area contributed by atoms with E-state index in [1.54, 1.807) is 6.20 Å². The lowest BCUT2D eigenvalue weighted by atomic mass is 10.3. The Morgan fingerprint density at radius 2 is 2.05 bits per heavy atom. The van der Waals surface area contributed by atoms with Gasteiger partial charge in [-0.05, 0) is 20.0 Å². The summed E-state index contributed by atoms with van der Waals surface area (Å²) in [5, 5.41) is 0.615. The van der Waals surface area contributed by atoms with Crippen molar-refractivity contribution in [2.24, 2.45) is 0 Å². The molecule has 1 fully saturated rings. The molecule has 0 N–H and O–H groups in total. The summed E-state index contributed by atoms with van der Waals surface area (Å²) >= 11 is 6.08. The van der Waals surface area contributed by atoms with E-state index in [4.69, 9.17) is 11.6 Å². The summed E-state index contributed by atoms with van der Waals surface area (Å²) in [6.45, 7) is 6.80. The van der Waals surface area contributed by atoms with Crippen LogP contribution in [0.25, 0.3) is 0 Å². The number of anilines is 1. The summed E-state index contributed by atoms with van der Waals surface area (Å²) in [5.41, 5.74) is 0. The normalized spacial score (nSPS) is 17.6. The summed E-state index contributed by atoms with van der Waals surface area (Å²) < 4.78 is 0. The molecular formula is C13H22ClN5. The second-order valence-corrected chi connectivity index (χ2v) is 5.52. The maximum Gasteiger partial charge on any atom is 0.150 e. The fourth-order valence-electron chi connectivity index (χ4n) is 2.30. The van der Waals surface area contributed by atoms with E-state index >= 15 is 0 Å². The predicted molar refractivity (Wildman–Crippen MR) is 78.9 cm³/mol. The Balaban J connectivity index is 1.72. The Morgan fingerprint density at radius 3 is 2.74 bits per heavy atom. The molecule has 1 saturated heterocycles. The van der Waals surface area contributed by atoms with Gasteiger partial charge in [0.15, 0.2) is 5.82 Å². The largest absolute Gasteiger partial charge is 0.358 e. The number of rotatable bonds is 5. The topological polar surface area (TPSA) is 35.5 Å². The third-order valence-electron chi connectivity index (χ3n) is 3.57. The van der Waals surface area contributed by atoms with Crippen LogP contribution in [-0.4, -0.2) is 73.1 Å². The average molecular weight is 284 g/mol. The van der Waals surface area contributed by atoms with Gasteiger partial charge in [-0.2, -0.15) is 0 Å². The van der Waals surface area contributed by atoms with Crippen molar-refractivity contribution >= 4 is 17.4 Å². The molecule has 1 aromatic rings. The molecule has 0 unspecified atom stereocenters. The van der Waals surface area contributed by atoms with Crippen LogP contribution in [0.15, 0.2) is 12.5 Å². The number of likely N-dealkylation sites (N-methyl/N-ethyl adjacent to an activating group) is 1. The molecule has 1 aliphatic heterocycles. The molecule has 0 aliphatic carbocycles. The highest BCUT2D eigenvalue weighted by Gasteiger charge is 2.13. The molecule has 0 bridgehead atoms. The van der Waals surface area contributed by atoms with Crippen molar-refractivity contribution < 1.29 is 0 Å². The molecule has 2 heterocycles. The lowest BCUT2D eigenvalue weighted by Crippen LogP contribution is -2.45. The Bertz CT molecular complexity index is 392. The highest BCUT2D eigenvalue weighted by atomic mass is 35.5. The zero-order valence-corrected chi connectivity index (χ0v) is 12.5. The van der Waals surface area contributed by atoms with Crippen molar-refractivity contribution in [3.8, 4) is 0 Å². The lowest BCUT2D eigenvalue weighted by Gasteiger charge is -2.32. The number of piperazine rings is 1. The van der Waals surface area contributed by atoms with Crippen LogP contribution in [0.1, 0.15) is 6.42 Å². The minimum absolute atomic E-state index is 0.615. The Hall–Kier alpha value is -0.910. The first-order chi connectivity index (χ1) is 9.16. The second kappa shape index (κ2) is 7.03. The highest BCUT2D eigenvalue weighted by Crippen LogP contribution is 2.19. The molecule has 1 aliphatic rings. The third kappa shape index (κ3) is 4.30. The first kappa shape index (κ1) is 14.5. The SMILES string of the molecule is CN1CCN(CCCN(C)c2ncncc2Cl)CC1. The van der Waals surface area contributed by atoms with Crippen molar-refractivity contribution in [3.05, 3.63) is 17.5 Å². The van der Waals surface area contributed by atoms with Gasteiger partial charge < -0.3 is 14.7 Å². The molecular weight excluding hydrogens is 262 g/mol. The molecule has 0 atom stereocenters. The van der Waals surface area contributed by atoms with E-state index in [-0.39, 0.29) is 0 Å². The fraction of sp³-hybridized carbons (Fsp3) is 0.692. The van der Waals surface area contributed by atoms with Gasteiger partial charge in [-0.1, -0.05) is 11.6 Å². The quantitative estimate of drug-likeness (QED) is 0.812. The van der Waals surface area contributed by atoms with Crippen molar-refractivity contribution in [2.45, 2.75) is 6.42 Å². The maximum absolute atomic E-state index is 6.08. The number of aromatic nitrogens is 2. The Kier molecular flexibility index (Phi) is 5.36.